The van der Waals surface area contributed by atoms with Crippen molar-refractivity contribution in [3.63, 3.8) is 0 Å². The normalized spacial score (nSPS) is 18.2. The molecular formula is C19H25F2NO3. The number of benzene rings is 1. The standard InChI is InChI=1S/C19H25F2NO3/c20-13-18(24)22-11-7-17(23)15-12-14(4-5-16(15)21)6-10-19(25)8-2-1-3-9-19/h4-6,10,12,17,23,25H,1-3,7-9,11,13H2,(H,22,24). The minimum Gasteiger partial charge on any atom is -0.388 e. The molecule has 0 aliphatic heterocycles. The molecule has 0 heterocycles. The van der Waals surface area contributed by atoms with Crippen LogP contribution in [-0.4, -0.2) is 34.9 Å². The third-order valence-electron chi connectivity index (χ3n) is 4.55. The van der Waals surface area contributed by atoms with Crippen molar-refractivity contribution < 1.29 is 23.8 Å². The lowest BCUT2D eigenvalue weighted by molar-refractivity contribution is -0.122. The van der Waals surface area contributed by atoms with Crippen molar-refractivity contribution in [2.24, 2.45) is 0 Å². The fourth-order valence-electron chi connectivity index (χ4n) is 3.05. The average molecular weight is 353 g/mol. The first-order valence-corrected chi connectivity index (χ1v) is 8.65. The van der Waals surface area contributed by atoms with Crippen LogP contribution in [0, 0.1) is 5.82 Å². The molecule has 1 aromatic carbocycles. The predicted molar refractivity (Wildman–Crippen MR) is 92.0 cm³/mol. The Bertz CT molecular complexity index is 613. The Labute approximate surface area is 146 Å². The third-order valence-corrected chi connectivity index (χ3v) is 4.55. The first kappa shape index (κ1) is 19.5. The largest absolute Gasteiger partial charge is 0.388 e. The number of aliphatic hydroxyl groups is 2. The second-order valence-electron chi connectivity index (χ2n) is 6.57. The molecule has 25 heavy (non-hydrogen) atoms. The maximum atomic E-state index is 14.0. The van der Waals surface area contributed by atoms with E-state index < -0.39 is 30.1 Å². The van der Waals surface area contributed by atoms with Crippen LogP contribution in [0.2, 0.25) is 0 Å². The van der Waals surface area contributed by atoms with Gasteiger partial charge in [0.2, 0.25) is 0 Å². The van der Waals surface area contributed by atoms with Crippen LogP contribution in [0.3, 0.4) is 0 Å². The number of alkyl halides is 1. The Hall–Kier alpha value is -1.79. The highest BCUT2D eigenvalue weighted by Gasteiger charge is 2.25. The van der Waals surface area contributed by atoms with Crippen LogP contribution < -0.4 is 5.32 Å². The number of halogens is 2. The van der Waals surface area contributed by atoms with Gasteiger partial charge < -0.3 is 15.5 Å². The van der Waals surface area contributed by atoms with Crippen molar-refractivity contribution in [2.75, 3.05) is 13.2 Å². The fraction of sp³-hybridized carbons (Fsp3) is 0.526. The predicted octanol–water partition coefficient (Wildman–Crippen LogP) is 3.04. The summed E-state index contributed by atoms with van der Waals surface area (Å²) in [6, 6.07) is 4.38. The molecule has 1 amide bonds. The SMILES string of the molecule is O=C(CF)NCCC(O)c1cc(C=CC2(O)CCCCC2)ccc1F. The van der Waals surface area contributed by atoms with Crippen molar-refractivity contribution in [1.82, 2.24) is 5.32 Å². The molecule has 1 unspecified atom stereocenters. The first-order valence-electron chi connectivity index (χ1n) is 8.65. The van der Waals surface area contributed by atoms with E-state index >= 15 is 0 Å². The zero-order valence-electron chi connectivity index (χ0n) is 14.2. The molecular weight excluding hydrogens is 328 g/mol. The van der Waals surface area contributed by atoms with Gasteiger partial charge in [-0.05, 0) is 37.0 Å². The highest BCUT2D eigenvalue weighted by Crippen LogP contribution is 2.30. The quantitative estimate of drug-likeness (QED) is 0.706. The number of aliphatic hydroxyl groups excluding tert-OH is 1. The highest BCUT2D eigenvalue weighted by atomic mass is 19.1. The second kappa shape index (κ2) is 9.06. The van der Waals surface area contributed by atoms with Gasteiger partial charge in [0.15, 0.2) is 6.67 Å². The van der Waals surface area contributed by atoms with Crippen LogP contribution in [0.25, 0.3) is 6.08 Å². The number of hydrogen-bond acceptors (Lipinski definition) is 3. The van der Waals surface area contributed by atoms with Gasteiger partial charge in [0.1, 0.15) is 5.82 Å². The Morgan fingerprint density at radius 3 is 2.72 bits per heavy atom. The lowest BCUT2D eigenvalue weighted by Crippen LogP contribution is -2.28. The molecule has 0 saturated heterocycles. The molecule has 2 rings (SSSR count). The number of rotatable bonds is 7. The first-order chi connectivity index (χ1) is 11.9. The topological polar surface area (TPSA) is 69.6 Å². The summed E-state index contributed by atoms with van der Waals surface area (Å²) in [5.74, 6) is -1.30. The van der Waals surface area contributed by atoms with E-state index in [1.165, 1.54) is 12.1 Å². The molecule has 1 aliphatic rings. The van der Waals surface area contributed by atoms with E-state index in [2.05, 4.69) is 5.32 Å². The highest BCUT2D eigenvalue weighted by molar-refractivity contribution is 5.76. The minimum atomic E-state index is -1.12. The van der Waals surface area contributed by atoms with Crippen LogP contribution in [0.1, 0.15) is 55.8 Å². The van der Waals surface area contributed by atoms with Crippen molar-refractivity contribution in [3.8, 4) is 0 Å². The number of carbonyl (C=O) groups excluding carboxylic acids is 1. The molecule has 0 radical (unpaired) electrons. The van der Waals surface area contributed by atoms with Gasteiger partial charge in [-0.2, -0.15) is 0 Å². The molecule has 1 aromatic rings. The van der Waals surface area contributed by atoms with E-state index in [-0.39, 0.29) is 18.5 Å². The number of nitrogens with one attached hydrogen (secondary N) is 1. The Morgan fingerprint density at radius 2 is 2.04 bits per heavy atom. The Kier molecular flexibility index (Phi) is 7.08. The molecule has 1 saturated carbocycles. The van der Waals surface area contributed by atoms with Gasteiger partial charge in [0.25, 0.3) is 5.91 Å². The van der Waals surface area contributed by atoms with Crippen molar-refractivity contribution in [1.29, 1.82) is 0 Å². The van der Waals surface area contributed by atoms with E-state index in [4.69, 9.17) is 0 Å². The molecule has 4 nitrogen and oxygen atoms in total. The summed E-state index contributed by atoms with van der Waals surface area (Å²) in [5.41, 5.74) is -0.0169. The van der Waals surface area contributed by atoms with Gasteiger partial charge in [-0.15, -0.1) is 0 Å². The lowest BCUT2D eigenvalue weighted by atomic mass is 9.84. The Balaban J connectivity index is 2.02. The Morgan fingerprint density at radius 1 is 1.32 bits per heavy atom. The van der Waals surface area contributed by atoms with Crippen molar-refractivity contribution in [2.45, 2.75) is 50.2 Å². The van der Waals surface area contributed by atoms with Gasteiger partial charge in [-0.1, -0.05) is 37.5 Å². The summed E-state index contributed by atoms with van der Waals surface area (Å²) in [4.78, 5) is 10.8. The van der Waals surface area contributed by atoms with E-state index in [1.807, 2.05) is 0 Å². The van der Waals surface area contributed by atoms with Crippen molar-refractivity contribution in [3.05, 3.63) is 41.2 Å². The summed E-state index contributed by atoms with van der Waals surface area (Å²) in [6.07, 6.45) is 7.00. The van der Waals surface area contributed by atoms with Crippen LogP contribution in [0.5, 0.6) is 0 Å². The van der Waals surface area contributed by atoms with Gasteiger partial charge in [-0.25, -0.2) is 8.78 Å². The summed E-state index contributed by atoms with van der Waals surface area (Å²) in [7, 11) is 0. The molecule has 3 N–H and O–H groups in total. The summed E-state index contributed by atoms with van der Waals surface area (Å²) >= 11 is 0. The number of hydrogen-bond donors (Lipinski definition) is 3. The molecule has 138 valence electrons. The molecule has 0 spiro atoms. The summed E-state index contributed by atoms with van der Waals surface area (Å²) in [5, 5.41) is 22.9. The molecule has 1 aliphatic carbocycles. The minimum absolute atomic E-state index is 0.0587. The summed E-state index contributed by atoms with van der Waals surface area (Å²) < 4.78 is 26.0. The van der Waals surface area contributed by atoms with Crippen LogP contribution in [-0.2, 0) is 4.79 Å². The van der Waals surface area contributed by atoms with E-state index in [0.717, 1.165) is 19.3 Å². The monoisotopic (exact) mass is 353 g/mol. The van der Waals surface area contributed by atoms with E-state index in [0.29, 0.717) is 18.4 Å². The third kappa shape index (κ3) is 5.90. The molecule has 0 bridgehead atoms. The van der Waals surface area contributed by atoms with E-state index in [1.54, 1.807) is 18.2 Å². The summed E-state index contributed by atoms with van der Waals surface area (Å²) in [6.45, 7) is -1.06. The van der Waals surface area contributed by atoms with E-state index in [9.17, 15) is 23.8 Å². The smallest absolute Gasteiger partial charge is 0.251 e. The van der Waals surface area contributed by atoms with Gasteiger partial charge in [0.05, 0.1) is 11.7 Å². The zero-order valence-corrected chi connectivity index (χ0v) is 14.2. The number of amides is 1. The van der Waals surface area contributed by atoms with Crippen LogP contribution in [0.4, 0.5) is 8.78 Å². The molecule has 0 aromatic heterocycles. The van der Waals surface area contributed by atoms with Crippen LogP contribution in [0.15, 0.2) is 24.3 Å². The fourth-order valence-corrected chi connectivity index (χ4v) is 3.05. The average Bonchev–Trinajstić information content (AvgIpc) is 2.61. The number of carbonyl (C=O) groups is 1. The molecule has 1 atom stereocenters. The second-order valence-corrected chi connectivity index (χ2v) is 6.57. The molecule has 1 fully saturated rings. The van der Waals surface area contributed by atoms with Gasteiger partial charge in [-0.3, -0.25) is 4.79 Å². The lowest BCUT2D eigenvalue weighted by Gasteiger charge is -2.28. The van der Waals surface area contributed by atoms with Crippen LogP contribution >= 0.6 is 0 Å². The van der Waals surface area contributed by atoms with Crippen molar-refractivity contribution >= 4 is 12.0 Å². The maximum absolute atomic E-state index is 14.0. The maximum Gasteiger partial charge on any atom is 0.251 e. The van der Waals surface area contributed by atoms with Gasteiger partial charge in [0, 0.05) is 12.1 Å². The zero-order chi connectivity index (χ0) is 18.3. The van der Waals surface area contributed by atoms with Gasteiger partial charge >= 0.3 is 0 Å². The molecule has 6 heteroatoms.